The molecule has 1 rings (SSSR count). The highest BCUT2D eigenvalue weighted by Crippen LogP contribution is 2.25. The van der Waals surface area contributed by atoms with Crippen molar-refractivity contribution in [3.63, 3.8) is 0 Å². The summed E-state index contributed by atoms with van der Waals surface area (Å²) in [6.45, 7) is 8.33. The van der Waals surface area contributed by atoms with Crippen molar-refractivity contribution in [1.29, 1.82) is 0 Å². The van der Waals surface area contributed by atoms with Crippen molar-refractivity contribution in [2.75, 3.05) is 19.6 Å². The Hall–Kier alpha value is -1.92. The summed E-state index contributed by atoms with van der Waals surface area (Å²) in [6.07, 6.45) is 0.625. The summed E-state index contributed by atoms with van der Waals surface area (Å²) in [5.74, 6) is -0.736. The zero-order valence-corrected chi connectivity index (χ0v) is 14.4. The molecule has 1 aliphatic rings. The van der Waals surface area contributed by atoms with Gasteiger partial charge in [0.2, 0.25) is 17.7 Å². The summed E-state index contributed by atoms with van der Waals surface area (Å²) in [4.78, 5) is 47.9. The van der Waals surface area contributed by atoms with Crippen LogP contribution in [0.15, 0.2) is 0 Å². The minimum atomic E-state index is -0.338. The molecule has 3 amide bonds. The summed E-state index contributed by atoms with van der Waals surface area (Å²) in [6, 6.07) is 0. The second-order valence-corrected chi connectivity index (χ2v) is 6.92. The van der Waals surface area contributed by atoms with Crippen LogP contribution < -0.4 is 10.6 Å². The van der Waals surface area contributed by atoms with Gasteiger partial charge in [-0.1, -0.05) is 0 Å². The van der Waals surface area contributed by atoms with Crippen LogP contribution in [0.1, 0.15) is 47.0 Å². The quantitative estimate of drug-likeness (QED) is 0.655. The van der Waals surface area contributed by atoms with Crippen LogP contribution in [0.25, 0.3) is 0 Å². The van der Waals surface area contributed by atoms with E-state index in [2.05, 4.69) is 10.6 Å². The average molecular weight is 325 g/mol. The van der Waals surface area contributed by atoms with Crippen LogP contribution >= 0.6 is 0 Å². The Labute approximate surface area is 137 Å². The smallest absolute Gasteiger partial charge is 0.225 e. The number of likely N-dealkylation sites (tertiary alicyclic amines) is 1. The Bertz CT molecular complexity index is 482. The first-order chi connectivity index (χ1) is 10.6. The third kappa shape index (κ3) is 6.38. The summed E-state index contributed by atoms with van der Waals surface area (Å²) in [7, 11) is 0. The highest BCUT2D eigenvalue weighted by molar-refractivity contribution is 5.89. The first-order valence-corrected chi connectivity index (χ1v) is 7.95. The predicted octanol–water partition coefficient (Wildman–Crippen LogP) is 0.235. The minimum Gasteiger partial charge on any atom is -0.354 e. The zero-order chi connectivity index (χ0) is 17.6. The minimum absolute atomic E-state index is 0.00446. The van der Waals surface area contributed by atoms with Crippen molar-refractivity contribution in [1.82, 2.24) is 15.5 Å². The maximum Gasteiger partial charge on any atom is 0.225 e. The van der Waals surface area contributed by atoms with Gasteiger partial charge in [-0.2, -0.15) is 0 Å². The molecule has 1 unspecified atom stereocenters. The van der Waals surface area contributed by atoms with Gasteiger partial charge in [-0.05, 0) is 27.7 Å². The number of nitrogens with one attached hydrogen (secondary N) is 2. The summed E-state index contributed by atoms with van der Waals surface area (Å²) >= 11 is 0. The number of ketones is 1. The highest BCUT2D eigenvalue weighted by atomic mass is 16.2. The molecule has 7 nitrogen and oxygen atoms in total. The van der Waals surface area contributed by atoms with E-state index in [1.54, 1.807) is 4.90 Å². The van der Waals surface area contributed by atoms with E-state index in [0.29, 0.717) is 19.6 Å². The molecule has 0 aromatic heterocycles. The van der Waals surface area contributed by atoms with E-state index in [4.69, 9.17) is 0 Å². The van der Waals surface area contributed by atoms with Gasteiger partial charge in [0.05, 0.1) is 5.92 Å². The van der Waals surface area contributed by atoms with Gasteiger partial charge in [-0.3, -0.25) is 14.4 Å². The van der Waals surface area contributed by atoms with Crippen molar-refractivity contribution in [3.8, 4) is 0 Å². The van der Waals surface area contributed by atoms with Crippen molar-refractivity contribution in [2.45, 2.75) is 52.5 Å². The molecule has 7 heteroatoms. The van der Waals surface area contributed by atoms with Crippen LogP contribution in [-0.4, -0.2) is 53.6 Å². The number of hydrogen-bond donors (Lipinski definition) is 2. The van der Waals surface area contributed by atoms with E-state index < -0.39 is 0 Å². The van der Waals surface area contributed by atoms with Gasteiger partial charge in [0.15, 0.2) is 0 Å². The van der Waals surface area contributed by atoms with Gasteiger partial charge < -0.3 is 20.3 Å². The average Bonchev–Trinajstić information content (AvgIpc) is 2.83. The monoisotopic (exact) mass is 325 g/mol. The van der Waals surface area contributed by atoms with E-state index in [9.17, 15) is 19.2 Å². The molecule has 0 aliphatic carbocycles. The van der Waals surface area contributed by atoms with Crippen molar-refractivity contribution in [3.05, 3.63) is 0 Å². The molecule has 0 spiro atoms. The SMILES string of the molecule is CC(=O)CCC(=O)NCCNC(=O)C1CC(=O)N(C(C)(C)C)C1. The van der Waals surface area contributed by atoms with E-state index in [0.717, 1.165) is 0 Å². The molecule has 0 saturated carbocycles. The van der Waals surface area contributed by atoms with Gasteiger partial charge in [0.25, 0.3) is 0 Å². The molecule has 1 fully saturated rings. The van der Waals surface area contributed by atoms with Crippen molar-refractivity contribution < 1.29 is 19.2 Å². The number of rotatable bonds is 7. The molecule has 0 bridgehead atoms. The van der Waals surface area contributed by atoms with Crippen LogP contribution in [-0.2, 0) is 19.2 Å². The molecule has 1 aliphatic heterocycles. The molecule has 0 radical (unpaired) electrons. The Balaban J connectivity index is 2.26. The highest BCUT2D eigenvalue weighted by Gasteiger charge is 2.39. The summed E-state index contributed by atoms with van der Waals surface area (Å²) in [5.41, 5.74) is -0.281. The fourth-order valence-electron chi connectivity index (χ4n) is 2.44. The van der Waals surface area contributed by atoms with E-state index in [1.165, 1.54) is 6.92 Å². The lowest BCUT2D eigenvalue weighted by atomic mass is 10.1. The molecule has 0 aromatic rings. The first-order valence-electron chi connectivity index (χ1n) is 7.95. The number of amides is 3. The fourth-order valence-corrected chi connectivity index (χ4v) is 2.44. The second-order valence-electron chi connectivity index (χ2n) is 6.92. The van der Waals surface area contributed by atoms with Crippen LogP contribution in [0.2, 0.25) is 0 Å². The number of carbonyl (C=O) groups is 4. The van der Waals surface area contributed by atoms with Gasteiger partial charge >= 0.3 is 0 Å². The van der Waals surface area contributed by atoms with Gasteiger partial charge in [-0.25, -0.2) is 0 Å². The molecule has 0 aromatic carbocycles. The number of carbonyl (C=O) groups excluding carboxylic acids is 4. The van der Waals surface area contributed by atoms with E-state index in [1.807, 2.05) is 20.8 Å². The largest absolute Gasteiger partial charge is 0.354 e. The van der Waals surface area contributed by atoms with Gasteiger partial charge in [-0.15, -0.1) is 0 Å². The molecule has 1 atom stereocenters. The third-order valence-electron chi connectivity index (χ3n) is 3.76. The van der Waals surface area contributed by atoms with Crippen LogP contribution in [0.4, 0.5) is 0 Å². The van der Waals surface area contributed by atoms with Gasteiger partial charge in [0.1, 0.15) is 5.78 Å². The summed E-state index contributed by atoms with van der Waals surface area (Å²) in [5, 5.41) is 5.38. The molecule has 2 N–H and O–H groups in total. The van der Waals surface area contributed by atoms with Crippen molar-refractivity contribution in [2.24, 2.45) is 5.92 Å². The molecule has 1 heterocycles. The first kappa shape index (κ1) is 19.1. The Morgan fingerprint density at radius 1 is 1.13 bits per heavy atom. The molecular formula is C16H27N3O4. The van der Waals surface area contributed by atoms with E-state index >= 15 is 0 Å². The summed E-state index contributed by atoms with van der Waals surface area (Å²) < 4.78 is 0. The van der Waals surface area contributed by atoms with Gasteiger partial charge in [0, 0.05) is 44.4 Å². The predicted molar refractivity (Wildman–Crippen MR) is 85.5 cm³/mol. The lowest BCUT2D eigenvalue weighted by molar-refractivity contribution is -0.132. The Morgan fingerprint density at radius 2 is 1.74 bits per heavy atom. The second kappa shape index (κ2) is 8.08. The number of nitrogens with zero attached hydrogens (tertiary/aromatic N) is 1. The van der Waals surface area contributed by atoms with Crippen LogP contribution in [0.3, 0.4) is 0 Å². The topological polar surface area (TPSA) is 95.6 Å². The van der Waals surface area contributed by atoms with Crippen molar-refractivity contribution >= 4 is 23.5 Å². The Kier molecular flexibility index (Phi) is 6.72. The number of Topliss-reactive ketones (excluding diaryl/α,β-unsaturated/α-hetero) is 1. The van der Waals surface area contributed by atoms with Crippen LogP contribution in [0.5, 0.6) is 0 Å². The standard InChI is InChI=1S/C16H27N3O4/c1-11(20)5-6-13(21)17-7-8-18-15(23)12-9-14(22)19(10-12)16(2,3)4/h12H,5-10H2,1-4H3,(H,17,21)(H,18,23). The molecule has 1 saturated heterocycles. The van der Waals surface area contributed by atoms with E-state index in [-0.39, 0.29) is 54.2 Å². The molecule has 23 heavy (non-hydrogen) atoms. The third-order valence-corrected chi connectivity index (χ3v) is 3.76. The normalized spacial score (nSPS) is 18.0. The fraction of sp³-hybridized carbons (Fsp3) is 0.750. The van der Waals surface area contributed by atoms with Crippen LogP contribution in [0, 0.1) is 5.92 Å². The maximum absolute atomic E-state index is 12.1. The molecule has 130 valence electrons. The Morgan fingerprint density at radius 3 is 2.26 bits per heavy atom. The molecular weight excluding hydrogens is 298 g/mol. The lowest BCUT2D eigenvalue weighted by Gasteiger charge is -2.31. The lowest BCUT2D eigenvalue weighted by Crippen LogP contribution is -2.43. The maximum atomic E-state index is 12.1. The zero-order valence-electron chi connectivity index (χ0n) is 14.4. The number of hydrogen-bond acceptors (Lipinski definition) is 4.